The van der Waals surface area contributed by atoms with Gasteiger partial charge in [-0.2, -0.15) is 10.5 Å². The Hall–Kier alpha value is -1.10. The average molecular weight is 276 g/mol. The molecule has 0 amide bonds. The van der Waals surface area contributed by atoms with Gasteiger partial charge in [-0.05, 0) is 62.3 Å². The Morgan fingerprint density at radius 2 is 1.06 bits per heavy atom. The number of benzene rings is 1. The third-order valence-corrected chi connectivity index (χ3v) is 4.55. The summed E-state index contributed by atoms with van der Waals surface area (Å²) >= 11 is 2.52. The molecule has 0 radical (unpaired) electrons. The molecular weight excluding hydrogens is 260 g/mol. The highest BCUT2D eigenvalue weighted by molar-refractivity contribution is 8.04. The highest BCUT2D eigenvalue weighted by atomic mass is 32.2. The summed E-state index contributed by atoms with van der Waals surface area (Å²) < 4.78 is -0.417. The van der Waals surface area contributed by atoms with Crippen LogP contribution in [0, 0.1) is 21.3 Å². The van der Waals surface area contributed by atoms with Crippen molar-refractivity contribution in [1.82, 2.24) is 0 Å². The van der Waals surface area contributed by atoms with Gasteiger partial charge < -0.3 is 0 Å². The van der Waals surface area contributed by atoms with Crippen molar-refractivity contribution in [3.05, 3.63) is 35.4 Å². The van der Waals surface area contributed by atoms with Crippen molar-refractivity contribution in [3.8, 4) is 10.8 Å². The van der Waals surface area contributed by atoms with Gasteiger partial charge in [0.05, 0.1) is 0 Å². The summed E-state index contributed by atoms with van der Waals surface area (Å²) in [5.41, 5.74) is 2.24. The first-order valence-electron chi connectivity index (χ1n) is 5.59. The van der Waals surface area contributed by atoms with E-state index in [1.54, 1.807) is 0 Å². The minimum Gasteiger partial charge on any atom is -0.185 e. The highest BCUT2D eigenvalue weighted by Gasteiger charge is 2.24. The van der Waals surface area contributed by atoms with Crippen molar-refractivity contribution in [2.45, 2.75) is 37.2 Å². The molecule has 0 heterocycles. The molecule has 1 rings (SSSR count). The maximum Gasteiger partial charge on any atom is 0.134 e. The maximum absolute atomic E-state index is 8.79. The molecule has 0 bridgehead atoms. The molecule has 2 nitrogen and oxygen atoms in total. The molecule has 0 unspecified atom stereocenters. The van der Waals surface area contributed by atoms with Crippen molar-refractivity contribution < 1.29 is 0 Å². The standard InChI is InChI=1S/C14H16N2S2/c1-13(2,17-9-15)11-5-7-12(8-6-11)14(3,4)18-10-16/h5-8H,1-4H3. The number of hydrogen-bond acceptors (Lipinski definition) is 4. The number of hydrogen-bond donors (Lipinski definition) is 0. The molecule has 0 fully saturated rings. The lowest BCUT2D eigenvalue weighted by atomic mass is 9.96. The van der Waals surface area contributed by atoms with Crippen LogP contribution in [0.4, 0.5) is 0 Å². The lowest BCUT2D eigenvalue weighted by Crippen LogP contribution is -2.14. The summed E-state index contributed by atoms with van der Waals surface area (Å²) in [6.45, 7) is 8.13. The Morgan fingerprint density at radius 1 is 0.778 bits per heavy atom. The Labute approximate surface area is 117 Å². The molecule has 0 spiro atoms. The second kappa shape index (κ2) is 5.69. The minimum absolute atomic E-state index is 0.209. The highest BCUT2D eigenvalue weighted by Crippen LogP contribution is 2.38. The second-order valence-electron chi connectivity index (χ2n) is 4.98. The van der Waals surface area contributed by atoms with Gasteiger partial charge in [0.2, 0.25) is 0 Å². The lowest BCUT2D eigenvalue weighted by molar-refractivity contribution is 0.768. The fourth-order valence-corrected chi connectivity index (χ4v) is 2.58. The van der Waals surface area contributed by atoms with Crippen LogP contribution in [-0.2, 0) is 9.49 Å². The predicted octanol–water partition coefficient (Wildman–Crippen LogP) is 4.59. The second-order valence-corrected chi connectivity index (χ2v) is 7.80. The van der Waals surface area contributed by atoms with Gasteiger partial charge in [-0.3, -0.25) is 0 Å². The SMILES string of the molecule is CC(C)(SC#N)c1ccc(C(C)(C)SC#N)cc1. The Morgan fingerprint density at radius 3 is 1.28 bits per heavy atom. The van der Waals surface area contributed by atoms with E-state index in [-0.39, 0.29) is 9.49 Å². The van der Waals surface area contributed by atoms with Crippen molar-refractivity contribution >= 4 is 23.5 Å². The first-order chi connectivity index (χ1) is 8.33. The summed E-state index contributed by atoms with van der Waals surface area (Å²) in [4.78, 5) is 0. The zero-order valence-electron chi connectivity index (χ0n) is 11.0. The van der Waals surface area contributed by atoms with Crippen LogP contribution in [0.3, 0.4) is 0 Å². The molecule has 0 atom stereocenters. The molecule has 0 saturated heterocycles. The number of thioether (sulfide) groups is 2. The monoisotopic (exact) mass is 276 g/mol. The maximum atomic E-state index is 8.79. The predicted molar refractivity (Wildman–Crippen MR) is 78.9 cm³/mol. The molecule has 0 N–H and O–H groups in total. The van der Waals surface area contributed by atoms with Gasteiger partial charge in [0, 0.05) is 9.49 Å². The zero-order valence-corrected chi connectivity index (χ0v) is 12.7. The van der Waals surface area contributed by atoms with Crippen LogP contribution in [0.15, 0.2) is 24.3 Å². The number of nitriles is 2. The number of thiocyanates is 2. The van der Waals surface area contributed by atoms with Crippen LogP contribution in [0.2, 0.25) is 0 Å². The van der Waals surface area contributed by atoms with E-state index in [4.69, 9.17) is 10.5 Å². The Balaban J connectivity index is 3.01. The van der Waals surface area contributed by atoms with Gasteiger partial charge in [0.15, 0.2) is 0 Å². The molecule has 0 saturated carbocycles. The Kier molecular flexibility index (Phi) is 4.73. The van der Waals surface area contributed by atoms with Crippen molar-refractivity contribution in [2.24, 2.45) is 0 Å². The molecule has 4 heteroatoms. The molecule has 0 aromatic heterocycles. The minimum atomic E-state index is -0.209. The van der Waals surface area contributed by atoms with Crippen LogP contribution in [0.5, 0.6) is 0 Å². The van der Waals surface area contributed by atoms with Gasteiger partial charge in [0.1, 0.15) is 10.8 Å². The topological polar surface area (TPSA) is 47.6 Å². The first kappa shape index (κ1) is 15.0. The molecule has 94 valence electrons. The molecule has 0 aliphatic heterocycles. The lowest BCUT2D eigenvalue weighted by Gasteiger charge is -2.24. The van der Waals surface area contributed by atoms with E-state index in [1.807, 2.05) is 52.0 Å². The van der Waals surface area contributed by atoms with Gasteiger partial charge in [-0.15, -0.1) is 0 Å². The third kappa shape index (κ3) is 3.45. The van der Waals surface area contributed by atoms with Gasteiger partial charge in [0.25, 0.3) is 0 Å². The van der Waals surface area contributed by atoms with E-state index in [0.29, 0.717) is 0 Å². The van der Waals surface area contributed by atoms with Crippen LogP contribution < -0.4 is 0 Å². The van der Waals surface area contributed by atoms with Gasteiger partial charge >= 0.3 is 0 Å². The first-order valence-corrected chi connectivity index (χ1v) is 7.22. The quantitative estimate of drug-likeness (QED) is 0.755. The summed E-state index contributed by atoms with van der Waals surface area (Å²) in [5, 5.41) is 21.9. The van der Waals surface area contributed by atoms with E-state index in [9.17, 15) is 0 Å². The largest absolute Gasteiger partial charge is 0.185 e. The number of nitrogens with zero attached hydrogens (tertiary/aromatic N) is 2. The van der Waals surface area contributed by atoms with Crippen LogP contribution >= 0.6 is 23.5 Å². The molecular formula is C14H16N2S2. The van der Waals surface area contributed by atoms with Crippen LogP contribution in [-0.4, -0.2) is 0 Å². The average Bonchev–Trinajstić information content (AvgIpc) is 2.29. The van der Waals surface area contributed by atoms with Crippen LogP contribution in [0.1, 0.15) is 38.8 Å². The van der Waals surface area contributed by atoms with Crippen molar-refractivity contribution in [2.75, 3.05) is 0 Å². The van der Waals surface area contributed by atoms with Crippen molar-refractivity contribution in [3.63, 3.8) is 0 Å². The summed E-state index contributed by atoms with van der Waals surface area (Å²) in [5.74, 6) is 0. The molecule has 0 aliphatic carbocycles. The van der Waals surface area contributed by atoms with E-state index in [1.165, 1.54) is 23.5 Å². The summed E-state index contributed by atoms with van der Waals surface area (Å²) in [7, 11) is 0. The smallest absolute Gasteiger partial charge is 0.134 e. The van der Waals surface area contributed by atoms with Crippen molar-refractivity contribution in [1.29, 1.82) is 10.5 Å². The Bertz CT molecular complexity index is 443. The fourth-order valence-electron chi connectivity index (χ4n) is 1.62. The summed E-state index contributed by atoms with van der Waals surface area (Å²) in [6, 6.07) is 8.16. The van der Waals surface area contributed by atoms with Gasteiger partial charge in [-0.1, -0.05) is 24.3 Å². The van der Waals surface area contributed by atoms with E-state index >= 15 is 0 Å². The third-order valence-electron chi connectivity index (χ3n) is 2.88. The molecule has 0 aliphatic rings. The van der Waals surface area contributed by atoms with Crippen LogP contribution in [0.25, 0.3) is 0 Å². The fraction of sp³-hybridized carbons (Fsp3) is 0.429. The van der Waals surface area contributed by atoms with E-state index in [0.717, 1.165) is 11.1 Å². The number of rotatable bonds is 4. The van der Waals surface area contributed by atoms with E-state index < -0.39 is 0 Å². The molecule has 18 heavy (non-hydrogen) atoms. The molecule has 1 aromatic rings. The van der Waals surface area contributed by atoms with Gasteiger partial charge in [-0.25, -0.2) is 0 Å². The molecule has 1 aromatic carbocycles. The zero-order chi connectivity index (χ0) is 13.8. The summed E-state index contributed by atoms with van der Waals surface area (Å²) in [6.07, 6.45) is 0. The normalized spacial score (nSPS) is 11.7. The van der Waals surface area contributed by atoms with E-state index in [2.05, 4.69) is 10.8 Å².